The average Bonchev–Trinajstić information content (AvgIpc) is 2.51. The normalized spacial score (nSPS) is 11.9. The highest BCUT2D eigenvalue weighted by Crippen LogP contribution is 2.41. The van der Waals surface area contributed by atoms with Crippen LogP contribution in [0.25, 0.3) is 11.3 Å². The fraction of sp³-hybridized carbons (Fsp3) is 0.308. The number of alkyl halides is 3. The Morgan fingerprint density at radius 1 is 1.16 bits per heavy atom. The lowest BCUT2D eigenvalue weighted by Gasteiger charge is -2.09. The van der Waals surface area contributed by atoms with Gasteiger partial charge in [0, 0.05) is 10.0 Å². The molecule has 0 bridgehead atoms. The Morgan fingerprint density at radius 2 is 1.68 bits per heavy atom. The summed E-state index contributed by atoms with van der Waals surface area (Å²) in [7, 11) is 3.83. The largest absolute Gasteiger partial charge is 0.241 e. The molecule has 19 heavy (non-hydrogen) atoms. The number of hydrogen-bond donors (Lipinski definition) is 0. The van der Waals surface area contributed by atoms with Gasteiger partial charge in [-0.2, -0.15) is 4.68 Å². The predicted molar refractivity (Wildman–Crippen MR) is 83.7 cm³/mol. The molecule has 6 heteroatoms. The van der Waals surface area contributed by atoms with Gasteiger partial charge in [-0.15, -0.1) is 4.68 Å². The molecule has 1 aromatic carbocycles. The maximum atomic E-state index is 6.06. The van der Waals surface area contributed by atoms with Crippen LogP contribution in [0.2, 0.25) is 0 Å². The molecule has 0 radical (unpaired) electrons. The summed E-state index contributed by atoms with van der Waals surface area (Å²) >= 11 is 21.6. The molecule has 0 aliphatic heterocycles. The summed E-state index contributed by atoms with van der Waals surface area (Å²) < 4.78 is 3.44. The summed E-state index contributed by atoms with van der Waals surface area (Å²) in [6, 6.07) is 8.07. The minimum Gasteiger partial charge on any atom is -0.156 e. The lowest BCUT2D eigenvalue weighted by atomic mass is 10.1. The van der Waals surface area contributed by atoms with Crippen LogP contribution in [0.15, 0.2) is 28.7 Å². The van der Waals surface area contributed by atoms with Crippen LogP contribution in [0.5, 0.6) is 0 Å². The Labute approximate surface area is 136 Å². The molecule has 0 saturated carbocycles. The number of rotatable bonds is 1. The second-order valence-electron chi connectivity index (χ2n) is 4.37. The van der Waals surface area contributed by atoms with Crippen molar-refractivity contribution in [3.05, 3.63) is 40.0 Å². The molecule has 0 atom stereocenters. The van der Waals surface area contributed by atoms with Gasteiger partial charge in [-0.05, 0) is 31.2 Å². The van der Waals surface area contributed by atoms with E-state index in [1.54, 1.807) is 0 Å². The van der Waals surface area contributed by atoms with E-state index < -0.39 is 3.79 Å². The average molecular weight is 384 g/mol. The van der Waals surface area contributed by atoms with Crippen molar-refractivity contribution in [2.24, 2.45) is 14.1 Å². The van der Waals surface area contributed by atoms with Gasteiger partial charge in [0.1, 0.15) is 5.69 Å². The molecule has 0 unspecified atom stereocenters. The van der Waals surface area contributed by atoms with Gasteiger partial charge in [-0.3, -0.25) is 0 Å². The minimum atomic E-state index is -1.44. The second kappa shape index (κ2) is 5.28. The number of hydrogen-bond acceptors (Lipinski definition) is 0. The molecule has 0 aliphatic rings. The van der Waals surface area contributed by atoms with Crippen molar-refractivity contribution in [2.75, 3.05) is 0 Å². The number of benzene rings is 1. The van der Waals surface area contributed by atoms with Crippen molar-refractivity contribution < 1.29 is 4.68 Å². The lowest BCUT2D eigenvalue weighted by molar-refractivity contribution is -0.741. The molecule has 0 spiro atoms. The molecule has 2 nitrogen and oxygen atoms in total. The topological polar surface area (TPSA) is 8.81 Å². The molecule has 2 rings (SSSR count). The SMILES string of the molecule is Cc1c(C(Cl)(Cl)Cl)n(C)[n+](C)c1-c1ccc(Br)cc1. The Bertz CT molecular complexity index is 612. The Kier molecular flexibility index (Phi) is 4.22. The second-order valence-corrected chi connectivity index (χ2v) is 7.57. The van der Waals surface area contributed by atoms with Gasteiger partial charge < -0.3 is 0 Å². The third-order valence-corrected chi connectivity index (χ3v) is 4.26. The van der Waals surface area contributed by atoms with Gasteiger partial charge in [0.2, 0.25) is 9.49 Å². The summed E-state index contributed by atoms with van der Waals surface area (Å²) in [4.78, 5) is 0. The number of aromatic nitrogens is 2. The highest BCUT2D eigenvalue weighted by molar-refractivity contribution is 9.10. The van der Waals surface area contributed by atoms with E-state index >= 15 is 0 Å². The van der Waals surface area contributed by atoms with E-state index in [-0.39, 0.29) is 0 Å². The number of halogens is 4. The third kappa shape index (κ3) is 2.80. The molecule has 102 valence electrons. The molecular weight excluding hydrogens is 370 g/mol. The lowest BCUT2D eigenvalue weighted by Crippen LogP contribution is -2.40. The van der Waals surface area contributed by atoms with Crippen LogP contribution in [0.1, 0.15) is 11.3 Å². The van der Waals surface area contributed by atoms with Crippen molar-refractivity contribution in [3.63, 3.8) is 0 Å². The summed E-state index contributed by atoms with van der Waals surface area (Å²) in [5, 5.41) is 0. The van der Waals surface area contributed by atoms with E-state index in [1.165, 1.54) is 0 Å². The van der Waals surface area contributed by atoms with Crippen molar-refractivity contribution in [2.45, 2.75) is 10.7 Å². The highest BCUT2D eigenvalue weighted by atomic mass is 79.9. The first-order chi connectivity index (χ1) is 8.73. The van der Waals surface area contributed by atoms with E-state index in [4.69, 9.17) is 34.8 Å². The van der Waals surface area contributed by atoms with E-state index in [0.717, 1.165) is 21.3 Å². The van der Waals surface area contributed by atoms with Crippen molar-refractivity contribution >= 4 is 50.7 Å². The maximum absolute atomic E-state index is 6.06. The van der Waals surface area contributed by atoms with Crippen LogP contribution in [0.3, 0.4) is 0 Å². The first-order valence-electron chi connectivity index (χ1n) is 5.62. The predicted octanol–water partition coefficient (Wildman–Crippen LogP) is 4.41. The molecule has 0 saturated heterocycles. The van der Waals surface area contributed by atoms with Gasteiger partial charge in [-0.25, -0.2) is 0 Å². The van der Waals surface area contributed by atoms with Crippen LogP contribution in [-0.4, -0.2) is 4.68 Å². The quantitative estimate of drug-likeness (QED) is 0.509. The fourth-order valence-electron chi connectivity index (χ4n) is 2.30. The third-order valence-electron chi connectivity index (χ3n) is 3.19. The van der Waals surface area contributed by atoms with Crippen LogP contribution in [0.4, 0.5) is 0 Å². The van der Waals surface area contributed by atoms with Crippen LogP contribution in [0, 0.1) is 6.92 Å². The Hall–Kier alpha value is -0.220. The summed E-state index contributed by atoms with van der Waals surface area (Å²) in [5.74, 6) is 0. The molecule has 1 heterocycles. The Balaban J connectivity index is 2.69. The highest BCUT2D eigenvalue weighted by Gasteiger charge is 2.36. The van der Waals surface area contributed by atoms with Crippen LogP contribution < -0.4 is 4.68 Å². The summed E-state index contributed by atoms with van der Waals surface area (Å²) in [5.41, 5.74) is 3.76. The van der Waals surface area contributed by atoms with Gasteiger partial charge in [0.25, 0.3) is 0 Å². The molecule has 0 amide bonds. The van der Waals surface area contributed by atoms with E-state index in [9.17, 15) is 0 Å². The van der Waals surface area contributed by atoms with Crippen LogP contribution >= 0.6 is 50.7 Å². The monoisotopic (exact) mass is 381 g/mol. The van der Waals surface area contributed by atoms with Gasteiger partial charge in [-0.1, -0.05) is 50.7 Å². The van der Waals surface area contributed by atoms with Crippen molar-refractivity contribution in [1.29, 1.82) is 0 Å². The van der Waals surface area contributed by atoms with Gasteiger partial charge in [0.15, 0.2) is 7.05 Å². The van der Waals surface area contributed by atoms with Crippen LogP contribution in [-0.2, 0) is 17.9 Å². The number of nitrogens with zero attached hydrogens (tertiary/aromatic N) is 2. The van der Waals surface area contributed by atoms with Gasteiger partial charge in [0.05, 0.1) is 12.6 Å². The summed E-state index contributed by atoms with van der Waals surface area (Å²) in [6.07, 6.45) is 0. The molecule has 0 N–H and O–H groups in total. The smallest absolute Gasteiger partial charge is 0.156 e. The van der Waals surface area contributed by atoms with E-state index in [0.29, 0.717) is 5.69 Å². The van der Waals surface area contributed by atoms with E-state index in [2.05, 4.69) is 15.9 Å². The first kappa shape index (κ1) is 15.2. The van der Waals surface area contributed by atoms with Gasteiger partial charge >= 0.3 is 0 Å². The molecular formula is C13H13BrCl3N2+. The zero-order chi connectivity index (χ0) is 14.4. The summed E-state index contributed by atoms with van der Waals surface area (Å²) in [6.45, 7) is 1.97. The van der Waals surface area contributed by atoms with Crippen molar-refractivity contribution in [3.8, 4) is 11.3 Å². The van der Waals surface area contributed by atoms with Crippen molar-refractivity contribution in [1.82, 2.24) is 4.68 Å². The molecule has 0 aliphatic carbocycles. The molecule has 2 aromatic rings. The minimum absolute atomic E-state index is 0.679. The first-order valence-corrected chi connectivity index (χ1v) is 7.55. The fourth-order valence-corrected chi connectivity index (χ4v) is 3.36. The zero-order valence-electron chi connectivity index (χ0n) is 10.7. The maximum Gasteiger partial charge on any atom is 0.241 e. The molecule has 1 aromatic heterocycles. The van der Waals surface area contributed by atoms with E-state index in [1.807, 2.05) is 54.6 Å². The zero-order valence-corrected chi connectivity index (χ0v) is 14.6. The standard InChI is InChI=1S/C13H13BrCl3N2/c1-8-11(9-4-6-10(14)7-5-9)18(2)19(3)12(8)13(15,16)17/h4-7H,1-3H3/q+1. The molecule has 0 fully saturated rings. The Morgan fingerprint density at radius 3 is 2.11 bits per heavy atom.